The van der Waals surface area contributed by atoms with Crippen molar-refractivity contribution in [2.24, 2.45) is 0 Å². The van der Waals surface area contributed by atoms with Crippen molar-refractivity contribution in [3.8, 4) is 0 Å². The van der Waals surface area contributed by atoms with Gasteiger partial charge >= 0.3 is 0 Å². The summed E-state index contributed by atoms with van der Waals surface area (Å²) in [6, 6.07) is 11.1. The second-order valence-electron chi connectivity index (χ2n) is 6.54. The zero-order chi connectivity index (χ0) is 17.4. The van der Waals surface area contributed by atoms with E-state index in [2.05, 4.69) is 5.32 Å². The first-order chi connectivity index (χ1) is 11.4. The molecule has 1 aliphatic heterocycles. The number of imide groups is 1. The molecule has 0 unspecified atom stereocenters. The van der Waals surface area contributed by atoms with Crippen LogP contribution < -0.4 is 10.2 Å². The fourth-order valence-corrected chi connectivity index (χ4v) is 2.91. The average Bonchev–Trinajstić information content (AvgIpc) is 2.80. The summed E-state index contributed by atoms with van der Waals surface area (Å²) in [6.45, 7) is 8.07. The van der Waals surface area contributed by atoms with Crippen LogP contribution in [0.15, 0.2) is 36.4 Å². The van der Waals surface area contributed by atoms with E-state index < -0.39 is 6.04 Å². The van der Waals surface area contributed by atoms with Crippen LogP contribution in [0.25, 0.3) is 0 Å². The maximum Gasteiger partial charge on any atom is 0.256 e. The number of anilines is 2. The summed E-state index contributed by atoms with van der Waals surface area (Å²) in [5.74, 6) is -0.355. The standard InChI is InChI=1S/C20H22N2O2/c1-12-5-7-16(9-14(12)3)21-18-11-19(23)22(20(18)24)17-8-6-13(2)15(4)10-17/h5-10,18,21H,11H2,1-4H3/t18-/m1/s1. The Hall–Kier alpha value is -2.62. The summed E-state index contributed by atoms with van der Waals surface area (Å²) in [5.41, 5.74) is 6.08. The highest BCUT2D eigenvalue weighted by Crippen LogP contribution is 2.27. The molecule has 1 aliphatic rings. The predicted octanol–water partition coefficient (Wildman–Crippen LogP) is 3.66. The van der Waals surface area contributed by atoms with Gasteiger partial charge in [-0.25, -0.2) is 4.90 Å². The summed E-state index contributed by atoms with van der Waals surface area (Å²) < 4.78 is 0. The first-order valence-electron chi connectivity index (χ1n) is 8.14. The molecule has 4 heteroatoms. The lowest BCUT2D eigenvalue weighted by Crippen LogP contribution is -2.34. The highest BCUT2D eigenvalue weighted by atomic mass is 16.2. The Balaban J connectivity index is 1.83. The van der Waals surface area contributed by atoms with Crippen LogP contribution >= 0.6 is 0 Å². The Labute approximate surface area is 142 Å². The number of carbonyl (C=O) groups excluding carboxylic acids is 2. The number of nitrogens with zero attached hydrogens (tertiary/aromatic N) is 1. The highest BCUT2D eigenvalue weighted by Gasteiger charge is 2.39. The number of aryl methyl sites for hydroxylation is 4. The molecule has 2 aromatic rings. The number of rotatable bonds is 3. The van der Waals surface area contributed by atoms with Gasteiger partial charge in [-0.1, -0.05) is 12.1 Å². The Morgan fingerprint density at radius 1 is 0.875 bits per heavy atom. The van der Waals surface area contributed by atoms with E-state index in [0.717, 1.165) is 22.4 Å². The van der Waals surface area contributed by atoms with Gasteiger partial charge in [0.25, 0.3) is 5.91 Å². The van der Waals surface area contributed by atoms with Crippen molar-refractivity contribution in [3.63, 3.8) is 0 Å². The first-order valence-corrected chi connectivity index (χ1v) is 8.14. The van der Waals surface area contributed by atoms with E-state index >= 15 is 0 Å². The number of nitrogens with one attached hydrogen (secondary N) is 1. The molecule has 1 heterocycles. The van der Waals surface area contributed by atoms with Crippen molar-refractivity contribution in [1.82, 2.24) is 0 Å². The van der Waals surface area contributed by atoms with Gasteiger partial charge in [0.2, 0.25) is 5.91 Å². The van der Waals surface area contributed by atoms with Crippen LogP contribution in [-0.4, -0.2) is 17.9 Å². The van der Waals surface area contributed by atoms with Gasteiger partial charge in [-0.15, -0.1) is 0 Å². The van der Waals surface area contributed by atoms with E-state index in [1.165, 1.54) is 10.5 Å². The van der Waals surface area contributed by atoms with Gasteiger partial charge in [-0.05, 0) is 74.2 Å². The molecule has 1 saturated heterocycles. The number of hydrogen-bond donors (Lipinski definition) is 1. The maximum atomic E-state index is 12.7. The molecule has 2 aromatic carbocycles. The van der Waals surface area contributed by atoms with Gasteiger partial charge in [0.1, 0.15) is 6.04 Å². The Morgan fingerprint density at radius 3 is 2.12 bits per heavy atom. The second-order valence-corrected chi connectivity index (χ2v) is 6.54. The molecule has 0 radical (unpaired) electrons. The van der Waals surface area contributed by atoms with Crippen molar-refractivity contribution in [3.05, 3.63) is 58.7 Å². The van der Waals surface area contributed by atoms with Crippen LogP contribution in [0.3, 0.4) is 0 Å². The van der Waals surface area contributed by atoms with Crippen molar-refractivity contribution < 1.29 is 9.59 Å². The van der Waals surface area contributed by atoms with Crippen LogP contribution in [0.4, 0.5) is 11.4 Å². The molecule has 0 saturated carbocycles. The number of benzene rings is 2. The Morgan fingerprint density at radius 2 is 1.50 bits per heavy atom. The molecule has 0 aliphatic carbocycles. The SMILES string of the molecule is Cc1ccc(N[C@@H]2CC(=O)N(c3ccc(C)c(C)c3)C2=O)cc1C. The van der Waals surface area contributed by atoms with Gasteiger partial charge in [0.05, 0.1) is 12.1 Å². The molecule has 1 atom stereocenters. The predicted molar refractivity (Wildman–Crippen MR) is 96.4 cm³/mol. The topological polar surface area (TPSA) is 49.4 Å². The van der Waals surface area contributed by atoms with E-state index in [-0.39, 0.29) is 18.2 Å². The van der Waals surface area contributed by atoms with Crippen molar-refractivity contribution in [2.75, 3.05) is 10.2 Å². The van der Waals surface area contributed by atoms with Crippen LogP contribution in [0.2, 0.25) is 0 Å². The lowest BCUT2D eigenvalue weighted by Gasteiger charge is -2.17. The molecule has 124 valence electrons. The molecule has 4 nitrogen and oxygen atoms in total. The molecule has 1 fully saturated rings. The van der Waals surface area contributed by atoms with Gasteiger partial charge in [0.15, 0.2) is 0 Å². The van der Waals surface area contributed by atoms with Gasteiger partial charge in [-0.2, -0.15) is 0 Å². The molecular formula is C20H22N2O2. The number of hydrogen-bond acceptors (Lipinski definition) is 3. The molecule has 0 bridgehead atoms. The Bertz CT molecular complexity index is 826. The van der Waals surface area contributed by atoms with E-state index in [4.69, 9.17) is 0 Å². The third kappa shape index (κ3) is 2.92. The molecule has 1 N–H and O–H groups in total. The van der Waals surface area contributed by atoms with Crippen molar-refractivity contribution in [2.45, 2.75) is 40.2 Å². The summed E-state index contributed by atoms with van der Waals surface area (Å²) >= 11 is 0. The summed E-state index contributed by atoms with van der Waals surface area (Å²) in [7, 11) is 0. The molecule has 2 amide bonds. The zero-order valence-electron chi connectivity index (χ0n) is 14.5. The smallest absolute Gasteiger partial charge is 0.256 e. The van der Waals surface area contributed by atoms with Gasteiger partial charge in [-0.3, -0.25) is 9.59 Å². The molecule has 24 heavy (non-hydrogen) atoms. The molecular weight excluding hydrogens is 300 g/mol. The lowest BCUT2D eigenvalue weighted by atomic mass is 10.1. The van der Waals surface area contributed by atoms with E-state index in [9.17, 15) is 9.59 Å². The van der Waals surface area contributed by atoms with E-state index in [1.54, 1.807) is 0 Å². The maximum absolute atomic E-state index is 12.7. The average molecular weight is 322 g/mol. The minimum atomic E-state index is -0.513. The van der Waals surface area contributed by atoms with Crippen molar-refractivity contribution >= 4 is 23.2 Å². The van der Waals surface area contributed by atoms with Crippen LogP contribution in [0, 0.1) is 27.7 Å². The van der Waals surface area contributed by atoms with Crippen LogP contribution in [-0.2, 0) is 9.59 Å². The van der Waals surface area contributed by atoms with Crippen LogP contribution in [0.1, 0.15) is 28.7 Å². The van der Waals surface area contributed by atoms with Gasteiger partial charge in [0, 0.05) is 5.69 Å². The zero-order valence-corrected chi connectivity index (χ0v) is 14.5. The first kappa shape index (κ1) is 16.2. The van der Waals surface area contributed by atoms with E-state index in [1.807, 2.05) is 64.1 Å². The largest absolute Gasteiger partial charge is 0.373 e. The third-order valence-corrected chi connectivity index (χ3v) is 4.74. The number of carbonyl (C=O) groups is 2. The second kappa shape index (κ2) is 6.11. The highest BCUT2D eigenvalue weighted by molar-refractivity contribution is 6.23. The fourth-order valence-electron chi connectivity index (χ4n) is 2.91. The van der Waals surface area contributed by atoms with Crippen LogP contribution in [0.5, 0.6) is 0 Å². The normalized spacial score (nSPS) is 17.5. The molecule has 0 aromatic heterocycles. The minimum absolute atomic E-state index is 0.162. The minimum Gasteiger partial charge on any atom is -0.373 e. The fraction of sp³-hybridized carbons (Fsp3) is 0.300. The van der Waals surface area contributed by atoms with E-state index in [0.29, 0.717) is 5.69 Å². The Kier molecular flexibility index (Phi) is 4.14. The summed E-state index contributed by atoms with van der Waals surface area (Å²) in [4.78, 5) is 26.4. The summed E-state index contributed by atoms with van der Waals surface area (Å²) in [6.07, 6.45) is 0.179. The molecule has 0 spiro atoms. The lowest BCUT2D eigenvalue weighted by molar-refractivity contribution is -0.121. The molecule has 3 rings (SSSR count). The summed E-state index contributed by atoms with van der Waals surface area (Å²) in [5, 5.41) is 3.20. The third-order valence-electron chi connectivity index (χ3n) is 4.74. The monoisotopic (exact) mass is 322 g/mol. The number of amides is 2. The quantitative estimate of drug-likeness (QED) is 0.877. The van der Waals surface area contributed by atoms with Crippen molar-refractivity contribution in [1.29, 1.82) is 0 Å². The van der Waals surface area contributed by atoms with Gasteiger partial charge < -0.3 is 5.32 Å².